The smallest absolute Gasteiger partial charge is 0.416 e. The second-order valence-electron chi connectivity index (χ2n) is 4.29. The lowest BCUT2D eigenvalue weighted by molar-refractivity contribution is -0.152. The molecular formula is C12H13NO6. The Balaban J connectivity index is 2.22. The Morgan fingerprint density at radius 3 is 2.74 bits per heavy atom. The maximum atomic E-state index is 12.2. The third-order valence-electron chi connectivity index (χ3n) is 3.16. The van der Waals surface area contributed by atoms with Gasteiger partial charge < -0.3 is 9.47 Å². The summed E-state index contributed by atoms with van der Waals surface area (Å²) < 4.78 is 9.28. The van der Waals surface area contributed by atoms with Gasteiger partial charge in [-0.1, -0.05) is 6.08 Å². The molecule has 7 heteroatoms. The van der Waals surface area contributed by atoms with Crippen molar-refractivity contribution in [2.24, 2.45) is 11.8 Å². The number of nitrogens with zero attached hydrogens (tertiary/aromatic N) is 1. The highest BCUT2D eigenvalue weighted by Gasteiger charge is 2.41. The van der Waals surface area contributed by atoms with Crippen molar-refractivity contribution in [1.29, 1.82) is 0 Å². The fourth-order valence-electron chi connectivity index (χ4n) is 2.17. The monoisotopic (exact) mass is 267 g/mol. The first-order valence-corrected chi connectivity index (χ1v) is 5.81. The van der Waals surface area contributed by atoms with Crippen molar-refractivity contribution in [3.8, 4) is 0 Å². The molecule has 0 aromatic rings. The molecule has 7 nitrogen and oxygen atoms in total. The molecule has 102 valence electrons. The van der Waals surface area contributed by atoms with Gasteiger partial charge in [0.05, 0.1) is 25.5 Å². The van der Waals surface area contributed by atoms with Gasteiger partial charge in [0.25, 0.3) is 0 Å². The normalized spacial score (nSPS) is 26.3. The summed E-state index contributed by atoms with van der Waals surface area (Å²) in [6.07, 6.45) is 1.78. The number of cyclic esters (lactones) is 1. The van der Waals surface area contributed by atoms with Gasteiger partial charge in [-0.25, -0.2) is 9.69 Å². The lowest BCUT2D eigenvalue weighted by Crippen LogP contribution is -2.43. The van der Waals surface area contributed by atoms with Gasteiger partial charge in [0.15, 0.2) is 5.78 Å². The Kier molecular flexibility index (Phi) is 3.64. The van der Waals surface area contributed by atoms with Crippen LogP contribution in [0.25, 0.3) is 0 Å². The maximum Gasteiger partial charge on any atom is 0.416 e. The van der Waals surface area contributed by atoms with Crippen molar-refractivity contribution in [3.63, 3.8) is 0 Å². The minimum atomic E-state index is -0.886. The van der Waals surface area contributed by atoms with Crippen molar-refractivity contribution < 1.29 is 28.7 Å². The van der Waals surface area contributed by atoms with E-state index < -0.39 is 29.8 Å². The summed E-state index contributed by atoms with van der Waals surface area (Å²) in [7, 11) is 1.19. The Morgan fingerprint density at radius 1 is 1.42 bits per heavy atom. The molecule has 0 unspecified atom stereocenters. The molecule has 0 radical (unpaired) electrons. The molecule has 0 bridgehead atoms. The molecule has 0 aromatic heterocycles. The van der Waals surface area contributed by atoms with Crippen LogP contribution < -0.4 is 0 Å². The number of carbonyl (C=O) groups excluding carboxylic acids is 4. The van der Waals surface area contributed by atoms with Crippen molar-refractivity contribution in [2.75, 3.05) is 20.3 Å². The summed E-state index contributed by atoms with van der Waals surface area (Å²) in [4.78, 5) is 47.5. The zero-order valence-electron chi connectivity index (χ0n) is 10.3. The minimum absolute atomic E-state index is 0.0948. The lowest BCUT2D eigenvalue weighted by Gasteiger charge is -2.25. The van der Waals surface area contributed by atoms with Crippen LogP contribution in [-0.4, -0.2) is 48.9 Å². The van der Waals surface area contributed by atoms with Gasteiger partial charge in [-0.3, -0.25) is 14.4 Å². The molecule has 19 heavy (non-hydrogen) atoms. The van der Waals surface area contributed by atoms with E-state index in [1.54, 1.807) is 0 Å². The van der Waals surface area contributed by atoms with E-state index in [0.29, 0.717) is 0 Å². The van der Waals surface area contributed by atoms with Crippen LogP contribution in [-0.2, 0) is 23.9 Å². The van der Waals surface area contributed by atoms with Crippen LogP contribution in [0.1, 0.15) is 6.42 Å². The average molecular weight is 267 g/mol. The van der Waals surface area contributed by atoms with Gasteiger partial charge in [-0.2, -0.15) is 0 Å². The van der Waals surface area contributed by atoms with Crippen LogP contribution in [0.15, 0.2) is 12.2 Å². The van der Waals surface area contributed by atoms with Crippen molar-refractivity contribution in [1.82, 2.24) is 4.90 Å². The Bertz CT molecular complexity index is 469. The van der Waals surface area contributed by atoms with Crippen LogP contribution in [0, 0.1) is 11.8 Å². The number of methoxy groups -OCH3 is 1. The number of rotatable bonds is 2. The summed E-state index contributed by atoms with van der Waals surface area (Å²) in [6.45, 7) is 0.298. The molecule has 2 aliphatic rings. The van der Waals surface area contributed by atoms with E-state index in [9.17, 15) is 19.2 Å². The molecule has 1 heterocycles. The predicted molar refractivity (Wildman–Crippen MR) is 60.8 cm³/mol. The summed E-state index contributed by atoms with van der Waals surface area (Å²) in [5.74, 6) is -3.17. The van der Waals surface area contributed by atoms with Crippen LogP contribution in [0.5, 0.6) is 0 Å². The van der Waals surface area contributed by atoms with E-state index in [0.717, 1.165) is 4.90 Å². The maximum absolute atomic E-state index is 12.2. The van der Waals surface area contributed by atoms with E-state index in [4.69, 9.17) is 0 Å². The topological polar surface area (TPSA) is 90.0 Å². The van der Waals surface area contributed by atoms with E-state index >= 15 is 0 Å². The highest BCUT2D eigenvalue weighted by molar-refractivity contribution is 6.01. The summed E-state index contributed by atoms with van der Waals surface area (Å²) in [5, 5.41) is 0. The molecular weight excluding hydrogens is 254 g/mol. The quantitative estimate of drug-likeness (QED) is 0.649. The lowest BCUT2D eigenvalue weighted by atomic mass is 9.82. The molecule has 0 N–H and O–H groups in total. The largest absolute Gasteiger partial charge is 0.469 e. The molecule has 1 saturated heterocycles. The van der Waals surface area contributed by atoms with E-state index in [2.05, 4.69) is 9.47 Å². The van der Waals surface area contributed by atoms with Crippen molar-refractivity contribution >= 4 is 23.8 Å². The fourth-order valence-corrected chi connectivity index (χ4v) is 2.17. The Labute approximate surface area is 109 Å². The van der Waals surface area contributed by atoms with Gasteiger partial charge in [0.2, 0.25) is 5.91 Å². The molecule has 0 saturated carbocycles. The molecule has 2 amide bonds. The molecule has 1 fully saturated rings. The van der Waals surface area contributed by atoms with Crippen LogP contribution in [0.3, 0.4) is 0 Å². The van der Waals surface area contributed by atoms with Crippen LogP contribution >= 0.6 is 0 Å². The van der Waals surface area contributed by atoms with E-state index in [1.165, 1.54) is 19.3 Å². The zero-order valence-corrected chi connectivity index (χ0v) is 10.3. The summed E-state index contributed by atoms with van der Waals surface area (Å²) >= 11 is 0. The minimum Gasteiger partial charge on any atom is -0.469 e. The molecule has 0 spiro atoms. The van der Waals surface area contributed by atoms with Gasteiger partial charge in [-0.15, -0.1) is 0 Å². The van der Waals surface area contributed by atoms with Gasteiger partial charge in [-0.05, 0) is 6.08 Å². The van der Waals surface area contributed by atoms with E-state index in [1.807, 2.05) is 0 Å². The second kappa shape index (κ2) is 5.21. The number of hydrogen-bond acceptors (Lipinski definition) is 6. The molecule has 1 aliphatic carbocycles. The number of esters is 1. The van der Waals surface area contributed by atoms with Gasteiger partial charge >= 0.3 is 12.1 Å². The molecule has 0 aromatic carbocycles. The fraction of sp³-hybridized carbons (Fsp3) is 0.500. The average Bonchev–Trinajstić information content (AvgIpc) is 2.83. The zero-order chi connectivity index (χ0) is 14.0. The van der Waals surface area contributed by atoms with Gasteiger partial charge in [0.1, 0.15) is 6.61 Å². The highest BCUT2D eigenvalue weighted by atomic mass is 16.6. The first-order valence-electron chi connectivity index (χ1n) is 5.81. The third kappa shape index (κ3) is 2.49. The van der Waals surface area contributed by atoms with E-state index in [-0.39, 0.29) is 25.4 Å². The molecule has 2 atom stereocenters. The third-order valence-corrected chi connectivity index (χ3v) is 3.16. The summed E-state index contributed by atoms with van der Waals surface area (Å²) in [6, 6.07) is 0. The number of amides is 2. The highest BCUT2D eigenvalue weighted by Crippen LogP contribution is 2.27. The second-order valence-corrected chi connectivity index (χ2v) is 4.29. The number of ketones is 1. The molecule has 2 rings (SSSR count). The van der Waals surface area contributed by atoms with Crippen LogP contribution in [0.2, 0.25) is 0 Å². The van der Waals surface area contributed by atoms with Crippen LogP contribution in [0.4, 0.5) is 4.79 Å². The number of carbonyl (C=O) groups is 4. The van der Waals surface area contributed by atoms with Crippen molar-refractivity contribution in [2.45, 2.75) is 6.42 Å². The number of allylic oxidation sites excluding steroid dienone is 1. The first-order chi connectivity index (χ1) is 9.04. The standard InChI is InChI=1S/C12H13NO6/c1-18-11(16)9-6-7(14)2-3-8(9)10(15)13-4-5-19-12(13)17/h2-3,8-9H,4-6H2,1H3/t8-,9-/m1/s1. The number of imide groups is 1. The number of hydrogen-bond donors (Lipinski definition) is 0. The first kappa shape index (κ1) is 13.3. The SMILES string of the molecule is COC(=O)[C@@H]1CC(=O)C=C[C@H]1C(=O)N1CCOC1=O. The van der Waals surface area contributed by atoms with Gasteiger partial charge in [0, 0.05) is 6.42 Å². The predicted octanol–water partition coefficient (Wildman–Crippen LogP) is -0.100. The summed E-state index contributed by atoms with van der Waals surface area (Å²) in [5.41, 5.74) is 0. The van der Waals surface area contributed by atoms with Crippen molar-refractivity contribution in [3.05, 3.63) is 12.2 Å². The number of ether oxygens (including phenoxy) is 2. The molecule has 1 aliphatic heterocycles. The Morgan fingerprint density at radius 2 is 2.16 bits per heavy atom. The Hall–Kier alpha value is -2.18.